The Morgan fingerprint density at radius 1 is 1.08 bits per heavy atom. The van der Waals surface area contributed by atoms with Crippen LogP contribution in [-0.4, -0.2) is 48.4 Å². The topological polar surface area (TPSA) is 68.8 Å². The van der Waals surface area contributed by atoms with Crippen molar-refractivity contribution in [2.24, 2.45) is 13.0 Å². The van der Waals surface area contributed by atoms with Gasteiger partial charge in [0.15, 0.2) is 0 Å². The molecule has 2 aromatic heterocycles. The Morgan fingerprint density at radius 3 is 2.59 bits per heavy atom. The summed E-state index contributed by atoms with van der Waals surface area (Å²) in [4.78, 5) is 19.4. The number of hydrogen-bond donors (Lipinski definition) is 0. The molecule has 1 saturated heterocycles. The van der Waals surface area contributed by atoms with Crippen LogP contribution in [0, 0.1) is 18.7 Å². The lowest BCUT2D eigenvalue weighted by atomic mass is 9.86. The van der Waals surface area contributed by atoms with Gasteiger partial charge in [0, 0.05) is 36.9 Å². The lowest BCUT2D eigenvalue weighted by Crippen LogP contribution is -2.35. The normalized spacial score (nSPS) is 22.4. The van der Waals surface area contributed by atoms with Crippen molar-refractivity contribution in [2.75, 3.05) is 13.1 Å². The molecule has 5 aromatic rings. The number of benzene rings is 3. The average Bonchev–Trinajstić information content (AvgIpc) is 3.32. The maximum absolute atomic E-state index is 13.5. The van der Waals surface area contributed by atoms with Crippen molar-refractivity contribution in [2.45, 2.75) is 18.3 Å². The number of likely N-dealkylation sites (tertiary alicyclic amines) is 1. The summed E-state index contributed by atoms with van der Waals surface area (Å²) in [6.45, 7) is 3.42. The molecule has 8 heteroatoms. The fourth-order valence-electron chi connectivity index (χ4n) is 6.46. The Bertz CT molecular complexity index is 1660. The van der Waals surface area contributed by atoms with Gasteiger partial charge in [-0.3, -0.25) is 9.48 Å². The summed E-state index contributed by atoms with van der Waals surface area (Å²) in [5.41, 5.74) is 5.32. The summed E-state index contributed by atoms with van der Waals surface area (Å²) in [5, 5.41) is 9.88. The molecule has 3 heterocycles. The second-order valence-electron chi connectivity index (χ2n) is 10.2. The molecule has 2 fully saturated rings. The molecule has 184 valence electrons. The van der Waals surface area contributed by atoms with Gasteiger partial charge in [-0.25, -0.2) is 14.1 Å². The van der Waals surface area contributed by atoms with Crippen molar-refractivity contribution in [3.05, 3.63) is 108 Å². The number of carbonyl (C=O) groups is 1. The molecule has 2 aliphatic rings. The first kappa shape index (κ1) is 21.9. The van der Waals surface area contributed by atoms with Crippen LogP contribution in [0.15, 0.2) is 79.3 Å². The third-order valence-corrected chi connectivity index (χ3v) is 8.10. The van der Waals surface area contributed by atoms with Crippen LogP contribution in [0.5, 0.6) is 0 Å². The van der Waals surface area contributed by atoms with Crippen LogP contribution >= 0.6 is 0 Å². The number of hydrogen-bond acceptors (Lipinski definition) is 4. The number of rotatable bonds is 4. The molecule has 37 heavy (non-hydrogen) atoms. The van der Waals surface area contributed by atoms with Crippen LogP contribution in [0.2, 0.25) is 0 Å². The largest absolute Gasteiger partial charge is 0.335 e. The number of aromatic nitrogens is 5. The van der Waals surface area contributed by atoms with E-state index in [9.17, 15) is 9.18 Å². The van der Waals surface area contributed by atoms with E-state index in [2.05, 4.69) is 58.5 Å². The molecular formula is C29H25FN6O. The van der Waals surface area contributed by atoms with Gasteiger partial charge in [0.2, 0.25) is 5.82 Å². The number of fused-ring (bicyclic) bond motifs is 2. The molecule has 1 amide bonds. The number of amides is 1. The van der Waals surface area contributed by atoms with Crippen LogP contribution < -0.4 is 0 Å². The summed E-state index contributed by atoms with van der Waals surface area (Å²) in [7, 11) is 1.77. The van der Waals surface area contributed by atoms with Gasteiger partial charge in [0.25, 0.3) is 5.91 Å². The molecule has 7 rings (SSSR count). The zero-order valence-corrected chi connectivity index (χ0v) is 20.5. The first-order valence-corrected chi connectivity index (χ1v) is 12.4. The summed E-state index contributed by atoms with van der Waals surface area (Å²) in [5.74, 6) is 0.485. The van der Waals surface area contributed by atoms with Crippen molar-refractivity contribution in [1.29, 1.82) is 0 Å². The maximum Gasteiger partial charge on any atom is 0.293 e. The van der Waals surface area contributed by atoms with Crippen LogP contribution in [0.25, 0.3) is 16.6 Å². The predicted octanol–water partition coefficient (Wildman–Crippen LogP) is 4.41. The van der Waals surface area contributed by atoms with Crippen molar-refractivity contribution >= 4 is 16.8 Å². The van der Waals surface area contributed by atoms with E-state index in [1.54, 1.807) is 30.2 Å². The Labute approximate surface area is 213 Å². The highest BCUT2D eigenvalue weighted by Gasteiger charge is 2.71. The molecule has 3 aromatic carbocycles. The Hall–Kier alpha value is -4.33. The van der Waals surface area contributed by atoms with E-state index in [0.717, 1.165) is 22.2 Å². The third-order valence-electron chi connectivity index (χ3n) is 8.10. The molecule has 1 saturated carbocycles. The summed E-state index contributed by atoms with van der Waals surface area (Å²) < 4.78 is 16.9. The van der Waals surface area contributed by atoms with Gasteiger partial charge in [0.1, 0.15) is 12.1 Å². The standard InChI is InChI=1S/C29H25FN6O/c1-18-12-25-20(14-32-36(25)22-10-8-21(30)9-11-22)13-23(18)29-16-35(28(37)27-31-17-34(2)33-27)15-24(29)26(29)19-6-4-3-5-7-19/h3-14,17,24,26H,15-16H2,1-2H3. The minimum atomic E-state index is -0.272. The van der Waals surface area contributed by atoms with Gasteiger partial charge in [0.05, 0.1) is 17.4 Å². The number of halogens is 1. The quantitative estimate of drug-likeness (QED) is 0.373. The number of aryl methyl sites for hydroxylation is 2. The zero-order chi connectivity index (χ0) is 25.3. The molecule has 1 aliphatic heterocycles. The van der Waals surface area contributed by atoms with Crippen LogP contribution in [-0.2, 0) is 12.5 Å². The van der Waals surface area contributed by atoms with Crippen LogP contribution in [0.3, 0.4) is 0 Å². The first-order valence-electron chi connectivity index (χ1n) is 12.4. The van der Waals surface area contributed by atoms with Gasteiger partial charge < -0.3 is 4.90 Å². The van der Waals surface area contributed by atoms with E-state index in [4.69, 9.17) is 0 Å². The molecule has 0 bridgehead atoms. The smallest absolute Gasteiger partial charge is 0.293 e. The van der Waals surface area contributed by atoms with Crippen molar-refractivity contribution in [1.82, 2.24) is 29.4 Å². The molecule has 3 unspecified atom stereocenters. The maximum atomic E-state index is 13.5. The van der Waals surface area contributed by atoms with E-state index < -0.39 is 0 Å². The van der Waals surface area contributed by atoms with Crippen molar-refractivity contribution in [3.63, 3.8) is 0 Å². The van der Waals surface area contributed by atoms with Crippen LogP contribution in [0.4, 0.5) is 4.39 Å². The van der Waals surface area contributed by atoms with Gasteiger partial charge in [-0.1, -0.05) is 30.3 Å². The van der Waals surface area contributed by atoms with Gasteiger partial charge in [-0.2, -0.15) is 5.10 Å². The average molecular weight is 493 g/mol. The number of carbonyl (C=O) groups excluding carboxylic acids is 1. The Morgan fingerprint density at radius 2 is 1.86 bits per heavy atom. The Balaban J connectivity index is 1.31. The predicted molar refractivity (Wildman–Crippen MR) is 137 cm³/mol. The monoisotopic (exact) mass is 492 g/mol. The number of nitrogens with zero attached hydrogens (tertiary/aromatic N) is 6. The zero-order valence-electron chi connectivity index (χ0n) is 20.5. The second kappa shape index (κ2) is 7.83. The molecule has 7 nitrogen and oxygen atoms in total. The van der Waals surface area contributed by atoms with E-state index in [-0.39, 0.29) is 23.0 Å². The van der Waals surface area contributed by atoms with Crippen LogP contribution in [0.1, 0.15) is 33.2 Å². The fourth-order valence-corrected chi connectivity index (χ4v) is 6.46. The van der Waals surface area contributed by atoms with Crippen molar-refractivity contribution in [3.8, 4) is 5.69 Å². The van der Waals surface area contributed by atoms with E-state index >= 15 is 0 Å². The summed E-state index contributed by atoms with van der Waals surface area (Å²) in [6.07, 6.45) is 3.42. The molecule has 3 atom stereocenters. The highest BCUT2D eigenvalue weighted by molar-refractivity contribution is 5.91. The minimum Gasteiger partial charge on any atom is -0.335 e. The van der Waals surface area contributed by atoms with E-state index in [0.29, 0.717) is 24.9 Å². The van der Waals surface area contributed by atoms with E-state index in [1.807, 2.05) is 21.8 Å². The summed E-state index contributed by atoms with van der Waals surface area (Å²) >= 11 is 0. The molecule has 1 aliphatic carbocycles. The summed E-state index contributed by atoms with van der Waals surface area (Å²) in [6, 6.07) is 21.4. The fraction of sp³-hybridized carbons (Fsp3) is 0.241. The lowest BCUT2D eigenvalue weighted by Gasteiger charge is -2.25. The van der Waals surface area contributed by atoms with Gasteiger partial charge in [-0.05, 0) is 65.9 Å². The second-order valence-corrected chi connectivity index (χ2v) is 10.2. The third kappa shape index (κ3) is 3.25. The SMILES string of the molecule is Cc1cc2c(cnn2-c2ccc(F)cc2)cc1C12CN(C(=O)c3ncn(C)n3)CC1C2c1ccccc1. The highest BCUT2D eigenvalue weighted by atomic mass is 19.1. The Kier molecular flexibility index (Phi) is 4.64. The highest BCUT2D eigenvalue weighted by Crippen LogP contribution is 2.69. The van der Waals surface area contributed by atoms with Crippen molar-refractivity contribution < 1.29 is 9.18 Å². The van der Waals surface area contributed by atoms with Gasteiger partial charge in [-0.15, -0.1) is 5.10 Å². The molecule has 0 N–H and O–H groups in total. The minimum absolute atomic E-state index is 0.123. The molecular weight excluding hydrogens is 467 g/mol. The van der Waals surface area contributed by atoms with Gasteiger partial charge >= 0.3 is 0 Å². The molecule has 0 radical (unpaired) electrons. The number of piperidine rings is 1. The molecule has 0 spiro atoms. The first-order chi connectivity index (χ1) is 18.0. The lowest BCUT2D eigenvalue weighted by molar-refractivity contribution is 0.0756. The van der Waals surface area contributed by atoms with E-state index in [1.165, 1.54) is 23.3 Å².